The zero-order valence-electron chi connectivity index (χ0n) is 15.1. The largest absolute Gasteiger partial charge is 0.333 e. The van der Waals surface area contributed by atoms with Crippen LogP contribution in [0.25, 0.3) is 0 Å². The predicted octanol–water partition coefficient (Wildman–Crippen LogP) is 3.51. The number of hydrogen-bond acceptors (Lipinski definition) is 3. The van der Waals surface area contributed by atoms with E-state index in [2.05, 4.69) is 0 Å². The van der Waals surface area contributed by atoms with Crippen LogP contribution in [0.5, 0.6) is 0 Å². The van der Waals surface area contributed by atoms with Crippen molar-refractivity contribution in [2.24, 2.45) is 11.3 Å². The van der Waals surface area contributed by atoms with E-state index in [1.54, 1.807) is 10.4 Å². The molecule has 2 N–H and O–H groups in total. The molecular weight excluding hydrogens is 292 g/mol. The van der Waals surface area contributed by atoms with Gasteiger partial charge in [-0.05, 0) is 17.8 Å². The maximum absolute atomic E-state index is 12.4. The lowest BCUT2D eigenvalue weighted by molar-refractivity contribution is -0.140. The molecule has 23 heavy (non-hydrogen) atoms. The number of hydroxylamine groups is 1. The molecule has 5 heteroatoms. The highest BCUT2D eigenvalue weighted by atomic mass is 16.5. The van der Waals surface area contributed by atoms with Gasteiger partial charge in [-0.25, -0.2) is 5.48 Å². The van der Waals surface area contributed by atoms with Crippen LogP contribution in [-0.4, -0.2) is 35.0 Å². The summed E-state index contributed by atoms with van der Waals surface area (Å²) in [6.45, 7) is 6.57. The summed E-state index contributed by atoms with van der Waals surface area (Å²) in [5.41, 5.74) is 1.52. The lowest BCUT2D eigenvalue weighted by Gasteiger charge is -2.26. The van der Waals surface area contributed by atoms with E-state index in [0.717, 1.165) is 18.8 Å². The Labute approximate surface area is 140 Å². The summed E-state index contributed by atoms with van der Waals surface area (Å²) in [6.07, 6.45) is 10.5. The molecule has 1 saturated carbocycles. The molecule has 0 atom stereocenters. The highest BCUT2D eigenvalue weighted by Crippen LogP contribution is 2.27. The SMILES string of the molecule is CC(C)(C)CC(=O)N(CCCCC1CCCCC1)CC(=O)NO. The van der Waals surface area contributed by atoms with Gasteiger partial charge in [0.2, 0.25) is 5.91 Å². The molecule has 0 aliphatic heterocycles. The Hall–Kier alpha value is -1.10. The molecule has 0 saturated heterocycles. The number of rotatable bonds is 8. The van der Waals surface area contributed by atoms with Crippen molar-refractivity contribution in [3.05, 3.63) is 0 Å². The topological polar surface area (TPSA) is 69.6 Å². The van der Waals surface area contributed by atoms with Crippen molar-refractivity contribution in [3.8, 4) is 0 Å². The molecule has 0 aromatic heterocycles. The second-order valence-corrected chi connectivity index (χ2v) is 8.09. The van der Waals surface area contributed by atoms with E-state index in [9.17, 15) is 9.59 Å². The van der Waals surface area contributed by atoms with Crippen LogP contribution in [0.2, 0.25) is 0 Å². The first-order chi connectivity index (χ1) is 10.8. The maximum Gasteiger partial charge on any atom is 0.262 e. The van der Waals surface area contributed by atoms with Gasteiger partial charge in [-0.2, -0.15) is 0 Å². The van der Waals surface area contributed by atoms with Crippen LogP contribution in [0.4, 0.5) is 0 Å². The number of nitrogens with zero attached hydrogens (tertiary/aromatic N) is 1. The number of carbonyl (C=O) groups excluding carboxylic acids is 2. The fourth-order valence-electron chi connectivity index (χ4n) is 3.28. The molecular formula is C18H34N2O3. The average Bonchev–Trinajstić information content (AvgIpc) is 2.49. The van der Waals surface area contributed by atoms with Crippen LogP contribution >= 0.6 is 0 Å². The molecule has 5 nitrogen and oxygen atoms in total. The van der Waals surface area contributed by atoms with Gasteiger partial charge >= 0.3 is 0 Å². The third kappa shape index (κ3) is 8.94. The summed E-state index contributed by atoms with van der Waals surface area (Å²) in [4.78, 5) is 25.4. The Morgan fingerprint density at radius 1 is 1.13 bits per heavy atom. The van der Waals surface area contributed by atoms with Crippen LogP contribution in [-0.2, 0) is 9.59 Å². The molecule has 0 bridgehead atoms. The van der Waals surface area contributed by atoms with Crippen LogP contribution in [0, 0.1) is 11.3 Å². The summed E-state index contributed by atoms with van der Waals surface area (Å²) in [7, 11) is 0. The summed E-state index contributed by atoms with van der Waals surface area (Å²) in [5.74, 6) is 0.307. The van der Waals surface area contributed by atoms with Crippen molar-refractivity contribution in [2.75, 3.05) is 13.1 Å². The van der Waals surface area contributed by atoms with Crippen molar-refractivity contribution < 1.29 is 14.8 Å². The molecule has 0 unspecified atom stereocenters. The van der Waals surface area contributed by atoms with Gasteiger partial charge in [0.15, 0.2) is 0 Å². The fourth-order valence-corrected chi connectivity index (χ4v) is 3.28. The average molecular weight is 326 g/mol. The molecule has 0 aromatic carbocycles. The third-order valence-corrected chi connectivity index (χ3v) is 4.51. The van der Waals surface area contributed by atoms with Gasteiger partial charge in [-0.15, -0.1) is 0 Å². The highest BCUT2D eigenvalue weighted by Gasteiger charge is 2.22. The summed E-state index contributed by atoms with van der Waals surface area (Å²) < 4.78 is 0. The number of carbonyl (C=O) groups is 2. The van der Waals surface area contributed by atoms with Crippen molar-refractivity contribution in [3.63, 3.8) is 0 Å². The molecule has 0 radical (unpaired) electrons. The molecule has 1 aliphatic rings. The van der Waals surface area contributed by atoms with Crippen molar-refractivity contribution >= 4 is 11.8 Å². The molecule has 0 spiro atoms. The monoisotopic (exact) mass is 326 g/mol. The second-order valence-electron chi connectivity index (χ2n) is 8.09. The first kappa shape index (κ1) is 19.9. The number of nitrogens with one attached hydrogen (secondary N) is 1. The van der Waals surface area contributed by atoms with Gasteiger partial charge in [0, 0.05) is 13.0 Å². The Balaban J connectivity index is 2.38. The van der Waals surface area contributed by atoms with E-state index in [1.165, 1.54) is 38.5 Å². The van der Waals surface area contributed by atoms with Gasteiger partial charge in [0.05, 0.1) is 0 Å². The van der Waals surface area contributed by atoms with E-state index < -0.39 is 5.91 Å². The standard InChI is InChI=1S/C18H34N2O3/c1-18(2,3)13-17(22)20(14-16(21)19-23)12-8-7-11-15-9-5-4-6-10-15/h15,23H,4-14H2,1-3H3,(H,19,21). The molecule has 0 aromatic rings. The lowest BCUT2D eigenvalue weighted by Crippen LogP contribution is -2.41. The van der Waals surface area contributed by atoms with Gasteiger partial charge in [0.1, 0.15) is 6.54 Å². The Kier molecular flexibility index (Phi) is 8.59. The first-order valence-corrected chi connectivity index (χ1v) is 9.02. The fraction of sp³-hybridized carbons (Fsp3) is 0.889. The van der Waals surface area contributed by atoms with Gasteiger partial charge in [0.25, 0.3) is 5.91 Å². The molecule has 1 rings (SSSR count). The Morgan fingerprint density at radius 3 is 2.35 bits per heavy atom. The maximum atomic E-state index is 12.4. The smallest absolute Gasteiger partial charge is 0.262 e. The number of hydrogen-bond donors (Lipinski definition) is 2. The third-order valence-electron chi connectivity index (χ3n) is 4.51. The molecule has 1 aliphatic carbocycles. The first-order valence-electron chi connectivity index (χ1n) is 9.02. The molecule has 1 fully saturated rings. The van der Waals surface area contributed by atoms with Crippen molar-refractivity contribution in [1.29, 1.82) is 0 Å². The van der Waals surface area contributed by atoms with E-state index in [-0.39, 0.29) is 17.9 Å². The normalized spacial score (nSPS) is 16.2. The van der Waals surface area contributed by atoms with Crippen molar-refractivity contribution in [1.82, 2.24) is 10.4 Å². The minimum atomic E-state index is -0.528. The summed E-state index contributed by atoms with van der Waals surface area (Å²) in [6, 6.07) is 0. The Morgan fingerprint density at radius 2 is 1.78 bits per heavy atom. The van der Waals surface area contributed by atoms with Crippen LogP contribution in [0.15, 0.2) is 0 Å². The van der Waals surface area contributed by atoms with Gasteiger partial charge in [-0.1, -0.05) is 65.7 Å². The van der Waals surface area contributed by atoms with Gasteiger partial charge in [-0.3, -0.25) is 14.8 Å². The highest BCUT2D eigenvalue weighted by molar-refractivity contribution is 5.84. The summed E-state index contributed by atoms with van der Waals surface area (Å²) >= 11 is 0. The minimum absolute atomic E-state index is 0.0150. The lowest BCUT2D eigenvalue weighted by atomic mass is 9.86. The van der Waals surface area contributed by atoms with E-state index in [0.29, 0.717) is 13.0 Å². The molecule has 134 valence electrons. The van der Waals surface area contributed by atoms with Crippen molar-refractivity contribution in [2.45, 2.75) is 78.6 Å². The van der Waals surface area contributed by atoms with Crippen LogP contribution in [0.1, 0.15) is 78.6 Å². The minimum Gasteiger partial charge on any atom is -0.333 e. The zero-order valence-corrected chi connectivity index (χ0v) is 15.1. The second kappa shape index (κ2) is 9.91. The van der Waals surface area contributed by atoms with E-state index in [1.807, 2.05) is 20.8 Å². The number of unbranched alkanes of at least 4 members (excludes halogenated alkanes) is 1. The van der Waals surface area contributed by atoms with Crippen LogP contribution < -0.4 is 5.48 Å². The Bertz CT molecular complexity index is 371. The zero-order chi connectivity index (χ0) is 17.3. The van der Waals surface area contributed by atoms with Crippen LogP contribution in [0.3, 0.4) is 0 Å². The quantitative estimate of drug-likeness (QED) is 0.407. The molecule has 2 amide bonds. The van der Waals surface area contributed by atoms with E-state index in [4.69, 9.17) is 5.21 Å². The number of amides is 2. The van der Waals surface area contributed by atoms with E-state index >= 15 is 0 Å². The predicted molar refractivity (Wildman–Crippen MR) is 91.0 cm³/mol. The van der Waals surface area contributed by atoms with Gasteiger partial charge < -0.3 is 4.90 Å². The summed E-state index contributed by atoms with van der Waals surface area (Å²) in [5, 5.41) is 8.70. The molecule has 0 heterocycles.